The molecule has 0 unspecified atom stereocenters. The van der Waals surface area contributed by atoms with Crippen molar-refractivity contribution in [1.82, 2.24) is 0 Å². The summed E-state index contributed by atoms with van der Waals surface area (Å²) in [5.41, 5.74) is 4.12. The van der Waals surface area contributed by atoms with Gasteiger partial charge in [0, 0.05) is 0 Å². The van der Waals surface area contributed by atoms with Gasteiger partial charge in [-0.15, -0.1) is 0 Å². The molecule has 4 heteroatoms. The van der Waals surface area contributed by atoms with Crippen LogP contribution >= 0.6 is 7.92 Å². The summed E-state index contributed by atoms with van der Waals surface area (Å²) >= 11 is 0. The van der Waals surface area contributed by atoms with Gasteiger partial charge in [-0.2, -0.15) is 30.3 Å². The van der Waals surface area contributed by atoms with Crippen LogP contribution in [0.25, 0.3) is 0 Å². The van der Waals surface area contributed by atoms with Crippen LogP contribution in [0.5, 0.6) is 0 Å². The normalized spacial score (nSPS) is 21.0. The summed E-state index contributed by atoms with van der Waals surface area (Å²) in [6.45, 7) is 2.19. The van der Waals surface area contributed by atoms with Crippen molar-refractivity contribution in [2.75, 3.05) is 6.61 Å². The van der Waals surface area contributed by atoms with E-state index in [2.05, 4.69) is 6.07 Å². The number of hydrogen-bond donors (Lipinski definition) is 0. The van der Waals surface area contributed by atoms with Crippen LogP contribution in [0.3, 0.4) is 0 Å². The summed E-state index contributed by atoms with van der Waals surface area (Å²) in [7, 11) is 0.385. The van der Waals surface area contributed by atoms with Gasteiger partial charge >= 0.3 is 22.4 Å². The molecule has 0 spiro atoms. The van der Waals surface area contributed by atoms with Crippen LogP contribution in [0, 0.1) is 6.07 Å². The van der Waals surface area contributed by atoms with E-state index in [1.165, 1.54) is 36.2 Å². The van der Waals surface area contributed by atoms with E-state index in [0.29, 0.717) is 20.1 Å². The van der Waals surface area contributed by atoms with Crippen LogP contribution in [-0.2, 0) is 27.1 Å². The van der Waals surface area contributed by atoms with Gasteiger partial charge in [0.1, 0.15) is 0 Å². The van der Waals surface area contributed by atoms with Crippen molar-refractivity contribution >= 4 is 13.9 Å². The van der Waals surface area contributed by atoms with E-state index in [4.69, 9.17) is 4.74 Å². The molecule has 1 aromatic carbocycles. The zero-order valence-corrected chi connectivity index (χ0v) is 22.5. The molecular formula is C27H42AuO2P. The molecule has 3 fully saturated rings. The van der Waals surface area contributed by atoms with Crippen LogP contribution in [0.1, 0.15) is 114 Å². The van der Waals surface area contributed by atoms with Crippen molar-refractivity contribution in [1.29, 1.82) is 0 Å². The third-order valence-electron chi connectivity index (χ3n) is 7.21. The van der Waals surface area contributed by atoms with Gasteiger partial charge in [-0.1, -0.05) is 71.3 Å². The van der Waals surface area contributed by atoms with Gasteiger partial charge in [-0.3, -0.25) is 4.79 Å². The van der Waals surface area contributed by atoms with Crippen molar-refractivity contribution in [2.24, 2.45) is 0 Å². The zero-order chi connectivity index (χ0) is 21.0. The molecule has 0 N–H and O–H groups in total. The third-order valence-corrected chi connectivity index (χ3v) is 11.3. The molecule has 3 saturated carbocycles. The molecule has 0 amide bonds. The van der Waals surface area contributed by atoms with Crippen LogP contribution in [0.2, 0.25) is 0 Å². The van der Waals surface area contributed by atoms with Gasteiger partial charge in [0.25, 0.3) is 5.97 Å². The van der Waals surface area contributed by atoms with Crippen molar-refractivity contribution in [3.63, 3.8) is 0 Å². The Kier molecular flexibility index (Phi) is 13.7. The summed E-state index contributed by atoms with van der Waals surface area (Å²) in [5, 5.41) is 0. The van der Waals surface area contributed by atoms with Crippen molar-refractivity contribution in [3.05, 3.63) is 35.9 Å². The first-order valence-electron chi connectivity index (χ1n) is 12.7. The summed E-state index contributed by atoms with van der Waals surface area (Å²) in [6.07, 6.45) is 23.6. The Balaban J connectivity index is 0.000000245. The third kappa shape index (κ3) is 8.96. The Morgan fingerprint density at radius 2 is 1.32 bits per heavy atom. The Hall–Kier alpha value is -0.140. The van der Waals surface area contributed by atoms with E-state index in [1.54, 1.807) is 108 Å². The number of carbonyl (C=O) groups is 1. The van der Waals surface area contributed by atoms with Gasteiger partial charge in [0.15, 0.2) is 0 Å². The van der Waals surface area contributed by atoms with E-state index >= 15 is 0 Å². The average molecular weight is 627 g/mol. The van der Waals surface area contributed by atoms with Gasteiger partial charge in [0.05, 0.1) is 6.61 Å². The molecule has 31 heavy (non-hydrogen) atoms. The number of ether oxygens (including phenoxy) is 1. The molecule has 1 aromatic rings. The monoisotopic (exact) mass is 626 g/mol. The molecular weight excluding hydrogens is 584 g/mol. The summed E-state index contributed by atoms with van der Waals surface area (Å²) in [4.78, 5) is 11.0. The summed E-state index contributed by atoms with van der Waals surface area (Å²) in [5.74, 6) is -0.288. The molecule has 3 aliphatic rings. The molecule has 0 heterocycles. The standard InChI is InChI=1S/C18H33P.C9H9O2.Au/c1-4-10-16(11-5-1)19(17-12-6-2-7-13-17)18-14-8-3-9-15-18;1-2-11-9(10)8-6-4-3-5-7-8;/h16-18H,1-15H2;3-4,6-7H,2H2,1H3;/q;-1;+1. The molecule has 178 valence electrons. The van der Waals surface area contributed by atoms with Crippen molar-refractivity contribution < 1.29 is 31.9 Å². The minimum absolute atomic E-state index is 0. The first-order chi connectivity index (χ1) is 14.8. The van der Waals surface area contributed by atoms with Crippen molar-refractivity contribution in [3.8, 4) is 0 Å². The second-order valence-corrected chi connectivity index (χ2v) is 12.4. The predicted molar refractivity (Wildman–Crippen MR) is 129 cm³/mol. The Labute approximate surface area is 207 Å². The maximum Gasteiger partial charge on any atom is 1.00 e. The first-order valence-corrected chi connectivity index (χ1v) is 14.2. The smallest absolute Gasteiger partial charge is 0.472 e. The Morgan fingerprint density at radius 3 is 1.68 bits per heavy atom. The molecule has 0 atom stereocenters. The fraction of sp³-hybridized carbons (Fsp3) is 0.741. The number of rotatable bonds is 5. The fourth-order valence-electron chi connectivity index (χ4n) is 5.77. The number of benzene rings is 1. The maximum atomic E-state index is 11.0. The van der Waals surface area contributed by atoms with E-state index in [0.717, 1.165) is 0 Å². The maximum absolute atomic E-state index is 11.0. The largest absolute Gasteiger partial charge is 1.00 e. The van der Waals surface area contributed by atoms with Crippen LogP contribution in [0.4, 0.5) is 0 Å². The van der Waals surface area contributed by atoms with E-state index in [9.17, 15) is 4.79 Å². The number of hydrogen-bond acceptors (Lipinski definition) is 2. The first kappa shape index (κ1) is 27.1. The average Bonchev–Trinajstić information content (AvgIpc) is 2.83. The molecule has 0 aromatic heterocycles. The molecule has 4 rings (SSSR count). The van der Waals surface area contributed by atoms with Gasteiger partial charge < -0.3 is 4.74 Å². The van der Waals surface area contributed by atoms with Crippen LogP contribution in [0.15, 0.2) is 24.3 Å². The minimum atomic E-state index is -0.288. The van der Waals surface area contributed by atoms with Crippen LogP contribution in [-0.4, -0.2) is 29.6 Å². The molecule has 0 saturated heterocycles. The molecule has 3 aliphatic carbocycles. The van der Waals surface area contributed by atoms with Crippen LogP contribution < -0.4 is 0 Å². The molecule has 0 bridgehead atoms. The van der Waals surface area contributed by atoms with E-state index in [1.807, 2.05) is 0 Å². The molecule has 2 nitrogen and oxygen atoms in total. The fourth-order valence-corrected chi connectivity index (χ4v) is 10.4. The van der Waals surface area contributed by atoms with Gasteiger partial charge in [-0.25, -0.2) is 0 Å². The number of esters is 1. The van der Waals surface area contributed by atoms with Gasteiger partial charge in [0.2, 0.25) is 0 Å². The minimum Gasteiger partial charge on any atom is -0.472 e. The quantitative estimate of drug-likeness (QED) is 0.143. The SMILES string of the molecule is C1CCC(P(C2CCCCC2)C2CCCCC2)CC1.CCOC(=O)c1c[c-]ccc1.[Au+]. The Morgan fingerprint density at radius 1 is 0.871 bits per heavy atom. The van der Waals surface area contributed by atoms with Crippen molar-refractivity contribution in [2.45, 2.75) is 120 Å². The molecule has 0 aliphatic heterocycles. The summed E-state index contributed by atoms with van der Waals surface area (Å²) in [6, 6.07) is 9.61. The predicted octanol–water partition coefficient (Wildman–Crippen LogP) is 8.13. The van der Waals surface area contributed by atoms with E-state index in [-0.39, 0.29) is 28.3 Å². The van der Waals surface area contributed by atoms with E-state index < -0.39 is 0 Å². The zero-order valence-electron chi connectivity index (χ0n) is 19.4. The molecule has 0 radical (unpaired) electrons. The van der Waals surface area contributed by atoms with Gasteiger partial charge in [-0.05, 0) is 62.4 Å². The topological polar surface area (TPSA) is 26.3 Å². The Bertz CT molecular complexity index is 548. The second-order valence-electron chi connectivity index (χ2n) is 9.34. The second kappa shape index (κ2) is 15.7. The number of carbonyl (C=O) groups excluding carboxylic acids is 1. The summed E-state index contributed by atoms with van der Waals surface area (Å²) < 4.78 is 4.77.